The first-order chi connectivity index (χ1) is 9.65. The molecule has 0 saturated carbocycles. The van der Waals surface area contributed by atoms with Crippen molar-refractivity contribution in [3.8, 4) is 34.1 Å². The molecule has 0 fully saturated rings. The van der Waals surface area contributed by atoms with Crippen LogP contribution in [0, 0.1) is 0 Å². The van der Waals surface area contributed by atoms with E-state index in [4.69, 9.17) is 9.47 Å². The molecule has 3 rings (SSSR count). The van der Waals surface area contributed by atoms with Crippen LogP contribution in [0.2, 0.25) is 0 Å². The van der Waals surface area contributed by atoms with Gasteiger partial charge in [-0.1, -0.05) is 6.07 Å². The average molecular weight is 272 g/mol. The van der Waals surface area contributed by atoms with E-state index in [0.29, 0.717) is 11.5 Å². The number of hydrogen-bond donors (Lipinski definition) is 2. The second-order valence-corrected chi connectivity index (χ2v) is 4.83. The van der Waals surface area contributed by atoms with Crippen molar-refractivity contribution in [1.82, 2.24) is 0 Å². The number of aryl methyl sites for hydroxylation is 2. The lowest BCUT2D eigenvalue weighted by Gasteiger charge is -2.24. The van der Waals surface area contributed by atoms with Crippen LogP contribution >= 0.6 is 0 Å². The summed E-state index contributed by atoms with van der Waals surface area (Å²) in [6.07, 6.45) is 1.62. The van der Waals surface area contributed by atoms with Crippen molar-refractivity contribution in [2.75, 3.05) is 14.2 Å². The average Bonchev–Trinajstić information content (AvgIpc) is 2.46. The molecule has 1 aliphatic rings. The molecular weight excluding hydrogens is 256 g/mol. The van der Waals surface area contributed by atoms with E-state index in [1.165, 1.54) is 7.11 Å². The van der Waals surface area contributed by atoms with E-state index < -0.39 is 0 Å². The molecule has 2 N–H and O–H groups in total. The number of methoxy groups -OCH3 is 2. The fourth-order valence-electron chi connectivity index (χ4n) is 2.83. The minimum absolute atomic E-state index is 0.120. The van der Waals surface area contributed by atoms with Gasteiger partial charge < -0.3 is 19.7 Å². The van der Waals surface area contributed by atoms with E-state index in [1.807, 2.05) is 6.07 Å². The number of benzene rings is 2. The lowest BCUT2D eigenvalue weighted by molar-refractivity contribution is 0.373. The molecular formula is C16H16O4. The summed E-state index contributed by atoms with van der Waals surface area (Å²) < 4.78 is 10.5. The normalized spacial score (nSPS) is 12.5. The van der Waals surface area contributed by atoms with Gasteiger partial charge in [0.15, 0.2) is 11.5 Å². The summed E-state index contributed by atoms with van der Waals surface area (Å²) in [5.41, 5.74) is 3.60. The molecule has 0 aliphatic heterocycles. The van der Waals surface area contributed by atoms with Gasteiger partial charge in [-0.25, -0.2) is 0 Å². The number of hydrogen-bond acceptors (Lipinski definition) is 4. The molecule has 0 atom stereocenters. The predicted octanol–water partition coefficient (Wildman–Crippen LogP) is 2.88. The third-order valence-electron chi connectivity index (χ3n) is 3.75. The standard InChI is InChI=1S/C16H16O4/c1-19-12-6-5-9-3-4-10-7-11(17)8-13(20-2)14(10)15(9)16(12)18/h5-8,17-18H,3-4H2,1-2H3. The molecule has 1 aliphatic carbocycles. The molecule has 104 valence electrons. The van der Waals surface area contributed by atoms with Gasteiger partial charge in [0.25, 0.3) is 0 Å². The minimum atomic E-state index is 0.120. The maximum Gasteiger partial charge on any atom is 0.166 e. The fourth-order valence-corrected chi connectivity index (χ4v) is 2.83. The van der Waals surface area contributed by atoms with Crippen molar-refractivity contribution in [3.05, 3.63) is 35.4 Å². The maximum atomic E-state index is 10.4. The SMILES string of the molecule is COc1ccc2c(c1O)-c1c(cc(O)cc1OC)CC2. The molecule has 2 aromatic carbocycles. The van der Waals surface area contributed by atoms with Gasteiger partial charge in [0, 0.05) is 17.2 Å². The van der Waals surface area contributed by atoms with Crippen molar-refractivity contribution < 1.29 is 19.7 Å². The third-order valence-corrected chi connectivity index (χ3v) is 3.75. The van der Waals surface area contributed by atoms with E-state index >= 15 is 0 Å². The Kier molecular flexibility index (Phi) is 2.93. The number of phenolic OH excluding ortho intramolecular Hbond substituents is 2. The molecule has 4 nitrogen and oxygen atoms in total. The zero-order valence-electron chi connectivity index (χ0n) is 11.4. The Morgan fingerprint density at radius 3 is 2.25 bits per heavy atom. The van der Waals surface area contributed by atoms with Crippen LogP contribution in [-0.2, 0) is 12.8 Å². The summed E-state index contributed by atoms with van der Waals surface area (Å²) in [5.74, 6) is 1.29. The van der Waals surface area contributed by atoms with Crippen LogP contribution in [0.15, 0.2) is 24.3 Å². The smallest absolute Gasteiger partial charge is 0.166 e. The maximum absolute atomic E-state index is 10.4. The summed E-state index contributed by atoms with van der Waals surface area (Å²) in [7, 11) is 3.08. The Bertz CT molecular complexity index is 659. The van der Waals surface area contributed by atoms with Gasteiger partial charge >= 0.3 is 0 Å². The van der Waals surface area contributed by atoms with Crippen molar-refractivity contribution in [2.24, 2.45) is 0 Å². The van der Waals surface area contributed by atoms with Crippen LogP contribution < -0.4 is 9.47 Å². The Morgan fingerprint density at radius 1 is 0.850 bits per heavy atom. The topological polar surface area (TPSA) is 58.9 Å². The Balaban J connectivity index is 2.34. The van der Waals surface area contributed by atoms with Gasteiger partial charge in [0.2, 0.25) is 0 Å². The number of phenols is 2. The molecule has 0 spiro atoms. The van der Waals surface area contributed by atoms with E-state index in [2.05, 4.69) is 0 Å². The van der Waals surface area contributed by atoms with E-state index in [-0.39, 0.29) is 11.5 Å². The van der Waals surface area contributed by atoms with Crippen molar-refractivity contribution in [1.29, 1.82) is 0 Å². The Labute approximate surface area is 117 Å². The van der Waals surface area contributed by atoms with Crippen LogP contribution in [0.25, 0.3) is 11.1 Å². The van der Waals surface area contributed by atoms with Gasteiger partial charge in [0.1, 0.15) is 11.5 Å². The van der Waals surface area contributed by atoms with Crippen LogP contribution in [0.1, 0.15) is 11.1 Å². The third kappa shape index (κ3) is 1.76. The Morgan fingerprint density at radius 2 is 1.55 bits per heavy atom. The van der Waals surface area contributed by atoms with Crippen LogP contribution in [-0.4, -0.2) is 24.4 Å². The van der Waals surface area contributed by atoms with Crippen molar-refractivity contribution in [3.63, 3.8) is 0 Å². The van der Waals surface area contributed by atoms with Crippen LogP contribution in [0.4, 0.5) is 0 Å². The number of rotatable bonds is 2. The largest absolute Gasteiger partial charge is 0.508 e. The second kappa shape index (κ2) is 4.63. The van der Waals surface area contributed by atoms with E-state index in [9.17, 15) is 10.2 Å². The number of ether oxygens (including phenoxy) is 2. The van der Waals surface area contributed by atoms with Gasteiger partial charge in [-0.3, -0.25) is 0 Å². The number of fused-ring (bicyclic) bond motifs is 3. The lowest BCUT2D eigenvalue weighted by Crippen LogP contribution is -2.06. The molecule has 2 aromatic rings. The summed E-state index contributed by atoms with van der Waals surface area (Å²) in [5, 5.41) is 20.2. The quantitative estimate of drug-likeness (QED) is 0.882. The predicted molar refractivity (Wildman–Crippen MR) is 75.7 cm³/mol. The van der Waals surface area contributed by atoms with Crippen LogP contribution in [0.5, 0.6) is 23.0 Å². The highest BCUT2D eigenvalue weighted by Crippen LogP contribution is 2.48. The molecule has 0 unspecified atom stereocenters. The first-order valence-electron chi connectivity index (χ1n) is 6.44. The van der Waals surface area contributed by atoms with Crippen molar-refractivity contribution in [2.45, 2.75) is 12.8 Å². The summed E-state index contributed by atoms with van der Waals surface area (Å²) in [4.78, 5) is 0. The van der Waals surface area contributed by atoms with Crippen molar-refractivity contribution >= 4 is 0 Å². The number of aromatic hydroxyl groups is 2. The summed E-state index contributed by atoms with van der Waals surface area (Å²) in [6.45, 7) is 0. The molecule has 4 heteroatoms. The highest BCUT2D eigenvalue weighted by molar-refractivity contribution is 5.85. The first kappa shape index (κ1) is 12.7. The summed E-state index contributed by atoms with van der Waals surface area (Å²) in [6, 6.07) is 7.02. The highest BCUT2D eigenvalue weighted by Gasteiger charge is 2.25. The zero-order valence-corrected chi connectivity index (χ0v) is 11.4. The molecule has 0 radical (unpaired) electrons. The molecule has 0 aromatic heterocycles. The van der Waals surface area contributed by atoms with E-state index in [0.717, 1.165) is 35.1 Å². The monoisotopic (exact) mass is 272 g/mol. The minimum Gasteiger partial charge on any atom is -0.508 e. The highest BCUT2D eigenvalue weighted by atomic mass is 16.5. The van der Waals surface area contributed by atoms with Gasteiger partial charge in [-0.15, -0.1) is 0 Å². The zero-order chi connectivity index (χ0) is 14.3. The van der Waals surface area contributed by atoms with Gasteiger partial charge in [-0.05, 0) is 36.1 Å². The lowest BCUT2D eigenvalue weighted by atomic mass is 9.84. The van der Waals surface area contributed by atoms with E-state index in [1.54, 1.807) is 25.3 Å². The Hall–Kier alpha value is -2.36. The molecule has 0 amide bonds. The first-order valence-corrected chi connectivity index (χ1v) is 6.44. The molecule has 0 bridgehead atoms. The second-order valence-electron chi connectivity index (χ2n) is 4.83. The molecule has 0 heterocycles. The molecule has 20 heavy (non-hydrogen) atoms. The fraction of sp³-hybridized carbons (Fsp3) is 0.250. The molecule has 0 saturated heterocycles. The van der Waals surface area contributed by atoms with Gasteiger partial charge in [-0.2, -0.15) is 0 Å². The van der Waals surface area contributed by atoms with Crippen LogP contribution in [0.3, 0.4) is 0 Å². The summed E-state index contributed by atoms with van der Waals surface area (Å²) >= 11 is 0. The van der Waals surface area contributed by atoms with Gasteiger partial charge in [0.05, 0.1) is 14.2 Å².